The second-order valence-corrected chi connectivity index (χ2v) is 4.79. The molecule has 7 nitrogen and oxygen atoms in total. The van der Waals surface area contributed by atoms with Crippen LogP contribution < -0.4 is 10.2 Å². The van der Waals surface area contributed by atoms with Crippen LogP contribution in [0.15, 0.2) is 40.2 Å². The van der Waals surface area contributed by atoms with E-state index in [0.29, 0.717) is 5.56 Å². The third-order valence-electron chi connectivity index (χ3n) is 3.17. The second kappa shape index (κ2) is 6.32. The lowest BCUT2D eigenvalue weighted by molar-refractivity contribution is -0.137. The van der Waals surface area contributed by atoms with Crippen molar-refractivity contribution in [3.8, 4) is 5.75 Å². The Morgan fingerprint density at radius 3 is 2.83 bits per heavy atom. The van der Waals surface area contributed by atoms with Crippen molar-refractivity contribution in [1.82, 2.24) is 20.6 Å². The van der Waals surface area contributed by atoms with E-state index in [1.807, 2.05) is 0 Å². The molecule has 1 aromatic heterocycles. The molecule has 0 fully saturated rings. The van der Waals surface area contributed by atoms with Gasteiger partial charge in [-0.05, 0) is 23.8 Å². The fourth-order valence-corrected chi connectivity index (χ4v) is 2.05. The average Bonchev–Trinajstić information content (AvgIpc) is 3.23. The largest absolute Gasteiger partial charge is 0.497 e. The van der Waals surface area contributed by atoms with Crippen LogP contribution in [-0.2, 0) is 6.18 Å². The van der Waals surface area contributed by atoms with Gasteiger partial charge in [0.2, 0.25) is 12.3 Å². The van der Waals surface area contributed by atoms with Crippen molar-refractivity contribution < 1.29 is 22.3 Å². The van der Waals surface area contributed by atoms with Gasteiger partial charge in [-0.25, -0.2) is 10.4 Å². The Morgan fingerprint density at radius 2 is 2.17 bits per heavy atom. The minimum atomic E-state index is -4.47. The number of nitrogens with zero attached hydrogens (tertiary/aromatic N) is 4. The molecule has 0 radical (unpaired) electrons. The first-order valence-corrected chi connectivity index (χ1v) is 6.74. The van der Waals surface area contributed by atoms with Crippen LogP contribution in [0.25, 0.3) is 6.08 Å². The molecular formula is C14H12F3N5O2. The molecule has 1 N–H and O–H groups in total. The maximum atomic E-state index is 13.0. The van der Waals surface area contributed by atoms with Crippen molar-refractivity contribution in [2.45, 2.75) is 12.3 Å². The van der Waals surface area contributed by atoms with Crippen LogP contribution in [-0.4, -0.2) is 28.7 Å². The van der Waals surface area contributed by atoms with Gasteiger partial charge in [0.25, 0.3) is 0 Å². The highest BCUT2D eigenvalue weighted by molar-refractivity contribution is 5.60. The quantitative estimate of drug-likeness (QED) is 0.923. The first kappa shape index (κ1) is 16.0. The van der Waals surface area contributed by atoms with Crippen LogP contribution in [0, 0.1) is 0 Å². The van der Waals surface area contributed by atoms with Crippen LogP contribution in [0.2, 0.25) is 0 Å². The van der Waals surface area contributed by atoms with E-state index in [1.54, 1.807) is 6.20 Å². The number of hydrogen-bond donors (Lipinski definition) is 1. The number of halogens is 3. The third-order valence-corrected chi connectivity index (χ3v) is 3.17. The van der Waals surface area contributed by atoms with Gasteiger partial charge >= 0.3 is 6.18 Å². The molecule has 0 aliphatic carbocycles. The molecule has 1 unspecified atom stereocenters. The lowest BCUT2D eigenvalue weighted by Gasteiger charge is -2.16. The van der Waals surface area contributed by atoms with Gasteiger partial charge in [-0.2, -0.15) is 13.2 Å². The fourth-order valence-electron chi connectivity index (χ4n) is 2.05. The van der Waals surface area contributed by atoms with Crippen molar-refractivity contribution in [3.63, 3.8) is 0 Å². The Hall–Kier alpha value is -2.88. The van der Waals surface area contributed by atoms with E-state index < -0.39 is 17.9 Å². The van der Waals surface area contributed by atoms with E-state index in [9.17, 15) is 13.2 Å². The van der Waals surface area contributed by atoms with Gasteiger partial charge in [-0.1, -0.05) is 0 Å². The molecule has 1 atom stereocenters. The SMILES string of the molecule is COc1cc(C2N=CN(C=Cc3nnco3)N2)cc(C(F)(F)F)c1. The Balaban J connectivity index is 1.77. The Labute approximate surface area is 134 Å². The summed E-state index contributed by atoms with van der Waals surface area (Å²) in [5.41, 5.74) is 2.44. The van der Waals surface area contributed by atoms with Crippen molar-refractivity contribution in [3.05, 3.63) is 47.8 Å². The Morgan fingerprint density at radius 1 is 1.33 bits per heavy atom. The van der Waals surface area contributed by atoms with Crippen LogP contribution in [0.3, 0.4) is 0 Å². The third kappa shape index (κ3) is 3.54. The molecule has 2 heterocycles. The first-order chi connectivity index (χ1) is 11.5. The van der Waals surface area contributed by atoms with Crippen LogP contribution in [0.1, 0.15) is 23.2 Å². The molecule has 0 spiro atoms. The van der Waals surface area contributed by atoms with Crippen LogP contribution >= 0.6 is 0 Å². The van der Waals surface area contributed by atoms with Gasteiger partial charge in [-0.15, -0.1) is 10.2 Å². The van der Waals surface area contributed by atoms with Crippen molar-refractivity contribution in [2.75, 3.05) is 7.11 Å². The van der Waals surface area contributed by atoms with Crippen molar-refractivity contribution in [1.29, 1.82) is 0 Å². The Kier molecular flexibility index (Phi) is 4.21. The summed E-state index contributed by atoms with van der Waals surface area (Å²) in [5.74, 6) is 0.395. The summed E-state index contributed by atoms with van der Waals surface area (Å²) in [5, 5.41) is 8.67. The zero-order valence-corrected chi connectivity index (χ0v) is 12.4. The van der Waals surface area contributed by atoms with E-state index in [1.165, 1.54) is 37.0 Å². The monoisotopic (exact) mass is 339 g/mol. The highest BCUT2D eigenvalue weighted by atomic mass is 19.4. The summed E-state index contributed by atoms with van der Waals surface area (Å²) < 4.78 is 48.8. The Bertz CT molecular complexity index is 758. The molecule has 1 aliphatic rings. The number of benzene rings is 1. The molecular weight excluding hydrogens is 327 g/mol. The maximum absolute atomic E-state index is 13.0. The number of alkyl halides is 3. The molecule has 1 aromatic carbocycles. The molecule has 10 heteroatoms. The number of ether oxygens (including phenoxy) is 1. The van der Waals surface area contributed by atoms with Crippen LogP contribution in [0.5, 0.6) is 5.75 Å². The van der Waals surface area contributed by atoms with Gasteiger partial charge in [0.1, 0.15) is 18.3 Å². The van der Waals surface area contributed by atoms with E-state index in [0.717, 1.165) is 12.1 Å². The van der Waals surface area contributed by atoms with E-state index in [4.69, 9.17) is 9.15 Å². The second-order valence-electron chi connectivity index (χ2n) is 4.79. The predicted molar refractivity (Wildman–Crippen MR) is 77.5 cm³/mol. The summed E-state index contributed by atoms with van der Waals surface area (Å²) in [4.78, 5) is 4.13. The minimum absolute atomic E-state index is 0.108. The molecule has 3 rings (SSSR count). The fraction of sp³-hybridized carbons (Fsp3) is 0.214. The zero-order valence-electron chi connectivity index (χ0n) is 12.4. The number of rotatable bonds is 4. The number of hydrogen-bond acceptors (Lipinski definition) is 7. The van der Waals surface area contributed by atoms with Gasteiger partial charge in [0, 0.05) is 12.3 Å². The lowest BCUT2D eigenvalue weighted by atomic mass is 10.1. The highest BCUT2D eigenvalue weighted by Gasteiger charge is 2.32. The standard InChI is InChI=1S/C14H12F3N5O2/c1-23-11-5-9(4-10(6-11)14(15,16)17)13-18-7-22(21-13)3-2-12-20-19-8-24-12/h2-8,13,21H,1H3. The average molecular weight is 339 g/mol. The first-order valence-electron chi connectivity index (χ1n) is 6.74. The lowest BCUT2D eigenvalue weighted by Crippen LogP contribution is -2.28. The summed E-state index contributed by atoms with van der Waals surface area (Å²) in [7, 11) is 1.31. The summed E-state index contributed by atoms with van der Waals surface area (Å²) in [6.45, 7) is 0. The molecule has 0 saturated heterocycles. The topological polar surface area (TPSA) is 75.8 Å². The molecule has 2 aromatic rings. The number of aliphatic imine (C=N–C) groups is 1. The molecule has 0 amide bonds. The van der Waals surface area contributed by atoms with Gasteiger partial charge < -0.3 is 9.15 Å². The van der Waals surface area contributed by atoms with Crippen molar-refractivity contribution >= 4 is 12.4 Å². The predicted octanol–water partition coefficient (Wildman–Crippen LogP) is 2.62. The van der Waals surface area contributed by atoms with E-state index in [-0.39, 0.29) is 11.6 Å². The number of hydrazine groups is 1. The molecule has 24 heavy (non-hydrogen) atoms. The van der Waals surface area contributed by atoms with Gasteiger partial charge in [0.05, 0.1) is 12.7 Å². The highest BCUT2D eigenvalue weighted by Crippen LogP contribution is 2.34. The molecule has 0 bridgehead atoms. The number of nitrogens with one attached hydrogen (secondary N) is 1. The number of aromatic nitrogens is 2. The molecule has 0 saturated carbocycles. The molecule has 1 aliphatic heterocycles. The smallest absolute Gasteiger partial charge is 0.416 e. The summed E-state index contributed by atoms with van der Waals surface area (Å²) >= 11 is 0. The summed E-state index contributed by atoms with van der Waals surface area (Å²) in [6, 6.07) is 3.47. The van der Waals surface area contributed by atoms with Crippen LogP contribution in [0.4, 0.5) is 13.2 Å². The normalized spacial score (nSPS) is 17.8. The summed E-state index contributed by atoms with van der Waals surface area (Å²) in [6.07, 6.45) is 0.563. The molecule has 126 valence electrons. The zero-order chi connectivity index (χ0) is 17.2. The van der Waals surface area contributed by atoms with E-state index >= 15 is 0 Å². The van der Waals surface area contributed by atoms with Crippen molar-refractivity contribution in [2.24, 2.45) is 4.99 Å². The number of methoxy groups -OCH3 is 1. The van der Waals surface area contributed by atoms with Gasteiger partial charge in [0.15, 0.2) is 0 Å². The van der Waals surface area contributed by atoms with E-state index in [2.05, 4.69) is 20.6 Å². The minimum Gasteiger partial charge on any atom is -0.497 e. The van der Waals surface area contributed by atoms with Gasteiger partial charge in [-0.3, -0.25) is 5.01 Å². The maximum Gasteiger partial charge on any atom is 0.416 e.